The molecule has 34 heavy (non-hydrogen) atoms. The van der Waals surface area contributed by atoms with Crippen molar-refractivity contribution in [2.24, 2.45) is 0 Å². The van der Waals surface area contributed by atoms with Crippen molar-refractivity contribution in [3.63, 3.8) is 0 Å². The van der Waals surface area contributed by atoms with Gasteiger partial charge < -0.3 is 15.1 Å². The standard InChI is InChI=1S/C17H20N2S.C12H9NS/c1-18(2)12-7-13-19-14-8-3-5-10-16(14)20-17-11-6-4-9-15(17)19;1-3-7-11-9(5-1)13-10-6-2-4-8-12(10)14-11/h3-6,8-11H,7,12-13H2,1-2H3;1-8,13H. The first-order valence-corrected chi connectivity index (χ1v) is 13.2. The van der Waals surface area contributed by atoms with Crippen LogP contribution in [-0.4, -0.2) is 32.1 Å². The van der Waals surface area contributed by atoms with Crippen LogP contribution in [0.1, 0.15) is 6.42 Å². The van der Waals surface area contributed by atoms with Gasteiger partial charge in [0, 0.05) is 26.1 Å². The van der Waals surface area contributed by atoms with Gasteiger partial charge in [0.05, 0.1) is 22.7 Å². The van der Waals surface area contributed by atoms with Crippen molar-refractivity contribution in [3.05, 3.63) is 97.1 Å². The van der Waals surface area contributed by atoms with Crippen molar-refractivity contribution >= 4 is 46.3 Å². The van der Waals surface area contributed by atoms with Crippen molar-refractivity contribution in [3.8, 4) is 0 Å². The fourth-order valence-electron chi connectivity index (χ4n) is 4.15. The fourth-order valence-corrected chi connectivity index (χ4v) is 6.23. The molecule has 3 nitrogen and oxygen atoms in total. The molecule has 0 atom stereocenters. The third kappa shape index (κ3) is 5.12. The molecule has 0 aromatic heterocycles. The molecule has 0 spiro atoms. The minimum atomic E-state index is 1.06. The Morgan fingerprint density at radius 3 is 1.59 bits per heavy atom. The van der Waals surface area contributed by atoms with Gasteiger partial charge in [0.15, 0.2) is 0 Å². The van der Waals surface area contributed by atoms with Crippen LogP contribution >= 0.6 is 23.5 Å². The molecule has 6 rings (SSSR count). The molecule has 0 bridgehead atoms. The Morgan fingerprint density at radius 1 is 0.618 bits per heavy atom. The maximum absolute atomic E-state index is 3.42. The third-order valence-corrected chi connectivity index (χ3v) is 8.06. The lowest BCUT2D eigenvalue weighted by atomic mass is 10.2. The summed E-state index contributed by atoms with van der Waals surface area (Å²) in [6.45, 7) is 2.18. The van der Waals surface area contributed by atoms with Crippen molar-refractivity contribution in [1.82, 2.24) is 4.90 Å². The molecule has 2 aliphatic rings. The molecule has 2 aliphatic heterocycles. The van der Waals surface area contributed by atoms with E-state index in [0.717, 1.165) is 13.1 Å². The van der Waals surface area contributed by atoms with Gasteiger partial charge in [-0.15, -0.1) is 0 Å². The Balaban J connectivity index is 0.000000150. The lowest BCUT2D eigenvalue weighted by molar-refractivity contribution is 0.402. The average molecular weight is 484 g/mol. The second kappa shape index (κ2) is 10.6. The maximum atomic E-state index is 3.42. The minimum Gasteiger partial charge on any atom is -0.354 e. The van der Waals surface area contributed by atoms with Gasteiger partial charge in [-0.3, -0.25) is 0 Å². The number of rotatable bonds is 4. The Morgan fingerprint density at radius 2 is 1.06 bits per heavy atom. The highest BCUT2D eigenvalue weighted by Gasteiger charge is 2.22. The predicted molar refractivity (Wildman–Crippen MR) is 147 cm³/mol. The molecule has 1 N–H and O–H groups in total. The van der Waals surface area contributed by atoms with Crippen molar-refractivity contribution in [2.75, 3.05) is 37.4 Å². The lowest BCUT2D eigenvalue weighted by Crippen LogP contribution is -2.25. The second-order valence-corrected chi connectivity index (χ2v) is 10.7. The number of fused-ring (bicyclic) bond motifs is 4. The zero-order valence-electron chi connectivity index (χ0n) is 19.6. The van der Waals surface area contributed by atoms with E-state index < -0.39 is 0 Å². The number of para-hydroxylation sites is 4. The molecule has 172 valence electrons. The number of anilines is 4. The van der Waals surface area contributed by atoms with E-state index in [2.05, 4.69) is 126 Å². The molecule has 0 unspecified atom stereocenters. The summed E-state index contributed by atoms with van der Waals surface area (Å²) in [6.07, 6.45) is 1.17. The SMILES string of the molecule is CN(C)CCCN1c2ccccc2Sc2ccccc21.c1ccc2c(c1)Nc1ccccc1S2. The quantitative estimate of drug-likeness (QED) is 0.277. The summed E-state index contributed by atoms with van der Waals surface area (Å²) < 4.78 is 0. The van der Waals surface area contributed by atoms with Crippen molar-refractivity contribution in [1.29, 1.82) is 0 Å². The third-order valence-electron chi connectivity index (χ3n) is 5.78. The van der Waals surface area contributed by atoms with Gasteiger partial charge in [-0.2, -0.15) is 0 Å². The topological polar surface area (TPSA) is 18.5 Å². The van der Waals surface area contributed by atoms with Gasteiger partial charge in [0.2, 0.25) is 0 Å². The van der Waals surface area contributed by atoms with E-state index in [0.29, 0.717) is 0 Å². The first-order chi connectivity index (χ1) is 16.7. The molecule has 0 saturated heterocycles. The van der Waals surface area contributed by atoms with E-state index in [9.17, 15) is 0 Å². The van der Waals surface area contributed by atoms with Crippen LogP contribution in [0.5, 0.6) is 0 Å². The van der Waals surface area contributed by atoms with E-state index in [1.807, 2.05) is 23.5 Å². The zero-order valence-corrected chi connectivity index (χ0v) is 21.2. The first kappa shape index (κ1) is 22.9. The normalized spacial score (nSPS) is 13.0. The number of hydrogen-bond acceptors (Lipinski definition) is 5. The summed E-state index contributed by atoms with van der Waals surface area (Å²) in [5.74, 6) is 0. The Kier molecular flexibility index (Phi) is 7.14. The van der Waals surface area contributed by atoms with Gasteiger partial charge in [0.25, 0.3) is 0 Å². The molecule has 4 aromatic carbocycles. The first-order valence-electron chi connectivity index (χ1n) is 11.6. The number of benzene rings is 4. The fraction of sp³-hybridized carbons (Fsp3) is 0.172. The summed E-state index contributed by atoms with van der Waals surface area (Å²) in [4.78, 5) is 10.0. The smallest absolute Gasteiger partial charge is 0.0552 e. The van der Waals surface area contributed by atoms with Gasteiger partial charge in [-0.05, 0) is 75.6 Å². The Labute approximate surface area is 211 Å². The van der Waals surface area contributed by atoms with Crippen LogP contribution in [-0.2, 0) is 0 Å². The van der Waals surface area contributed by atoms with Crippen LogP contribution in [0.2, 0.25) is 0 Å². The molecule has 0 aliphatic carbocycles. The molecule has 4 aromatic rings. The van der Waals surface area contributed by atoms with Crippen LogP contribution < -0.4 is 10.2 Å². The molecule has 5 heteroatoms. The molecular weight excluding hydrogens is 454 g/mol. The maximum Gasteiger partial charge on any atom is 0.0552 e. The molecule has 0 saturated carbocycles. The van der Waals surface area contributed by atoms with Crippen LogP contribution in [0.3, 0.4) is 0 Å². The Hall–Kier alpha value is -2.86. The molecule has 0 radical (unpaired) electrons. The molecule has 0 amide bonds. The lowest BCUT2D eigenvalue weighted by Gasteiger charge is -2.33. The summed E-state index contributed by atoms with van der Waals surface area (Å²) in [5.41, 5.74) is 5.09. The predicted octanol–water partition coefficient (Wildman–Crippen LogP) is 8.14. The largest absolute Gasteiger partial charge is 0.354 e. The Bertz CT molecular complexity index is 1140. The van der Waals surface area contributed by atoms with Crippen LogP contribution in [0.15, 0.2) is 117 Å². The highest BCUT2D eigenvalue weighted by atomic mass is 32.2. The van der Waals surface area contributed by atoms with Gasteiger partial charge in [0.1, 0.15) is 0 Å². The molecule has 2 heterocycles. The summed E-state index contributed by atoms with van der Waals surface area (Å²) in [5, 5.41) is 3.42. The van der Waals surface area contributed by atoms with E-state index >= 15 is 0 Å². The monoisotopic (exact) mass is 483 g/mol. The highest BCUT2D eigenvalue weighted by Crippen LogP contribution is 2.47. The van der Waals surface area contributed by atoms with Crippen LogP contribution in [0.25, 0.3) is 0 Å². The van der Waals surface area contributed by atoms with Gasteiger partial charge in [-0.25, -0.2) is 0 Å². The van der Waals surface area contributed by atoms with Crippen LogP contribution in [0.4, 0.5) is 22.7 Å². The summed E-state index contributed by atoms with van der Waals surface area (Å²) in [7, 11) is 4.27. The van der Waals surface area contributed by atoms with Crippen LogP contribution in [0, 0.1) is 0 Å². The average Bonchev–Trinajstić information content (AvgIpc) is 2.87. The van der Waals surface area contributed by atoms with E-state index in [4.69, 9.17) is 0 Å². The van der Waals surface area contributed by atoms with E-state index in [-0.39, 0.29) is 0 Å². The number of nitrogens with zero attached hydrogens (tertiary/aromatic N) is 2. The molecular formula is C29H29N3S2. The van der Waals surface area contributed by atoms with Crippen molar-refractivity contribution < 1.29 is 0 Å². The number of hydrogen-bond donors (Lipinski definition) is 1. The summed E-state index contributed by atoms with van der Waals surface area (Å²) >= 11 is 3.69. The van der Waals surface area contributed by atoms with Gasteiger partial charge >= 0.3 is 0 Å². The van der Waals surface area contributed by atoms with E-state index in [1.165, 1.54) is 48.8 Å². The second-order valence-electron chi connectivity index (χ2n) is 8.57. The zero-order chi connectivity index (χ0) is 23.3. The van der Waals surface area contributed by atoms with Crippen molar-refractivity contribution in [2.45, 2.75) is 26.0 Å². The van der Waals surface area contributed by atoms with Gasteiger partial charge in [-0.1, -0.05) is 72.1 Å². The number of nitrogens with one attached hydrogen (secondary N) is 1. The summed E-state index contributed by atoms with van der Waals surface area (Å²) in [6, 6.07) is 34.2. The minimum absolute atomic E-state index is 1.06. The molecule has 0 fully saturated rings. The van der Waals surface area contributed by atoms with E-state index in [1.54, 1.807) is 0 Å². The highest BCUT2D eigenvalue weighted by molar-refractivity contribution is 8.00.